The second-order valence-corrected chi connectivity index (χ2v) is 13.4. The molecule has 1 aromatic carbocycles. The van der Waals surface area contributed by atoms with Gasteiger partial charge in [0, 0.05) is 86.6 Å². The number of rotatable bonds is 11. The molecule has 0 spiro atoms. The van der Waals surface area contributed by atoms with E-state index in [4.69, 9.17) is 0 Å². The number of aryl methyl sites for hydroxylation is 1. The molecule has 1 aliphatic rings. The first-order chi connectivity index (χ1) is 23.3. The van der Waals surface area contributed by atoms with Crippen molar-refractivity contribution in [2.24, 2.45) is 5.92 Å². The number of fused-ring (bicyclic) bond motifs is 1. The number of anilines is 1. The molecule has 4 heterocycles. The van der Waals surface area contributed by atoms with Crippen molar-refractivity contribution in [1.29, 1.82) is 0 Å². The number of carbonyl (C=O) groups excluding carboxylic acids is 2. The SMILES string of the molecule is CCNC(=O)Nc1cc(-c2nc(C(F)(F)F)cs2)c(-c2ccc3c(=O)c(C(=O)NCCN4CCN(C)CC4)cn(CCC(C)C)c3c2)cn1. The normalized spacial score (nSPS) is 14.4. The summed E-state index contributed by atoms with van der Waals surface area (Å²) >= 11 is 0.825. The van der Waals surface area contributed by atoms with E-state index in [1.807, 2.05) is 4.57 Å². The van der Waals surface area contributed by atoms with Crippen molar-refractivity contribution in [3.63, 3.8) is 0 Å². The first-order valence-electron chi connectivity index (χ1n) is 16.3. The maximum Gasteiger partial charge on any atom is 0.434 e. The minimum atomic E-state index is -4.63. The van der Waals surface area contributed by atoms with Gasteiger partial charge in [0.05, 0.1) is 5.52 Å². The molecular weight excluding hydrogens is 657 g/mol. The monoisotopic (exact) mass is 698 g/mol. The Morgan fingerprint density at radius 1 is 1.04 bits per heavy atom. The summed E-state index contributed by atoms with van der Waals surface area (Å²) in [5.41, 5.74) is 0.549. The molecule has 1 fully saturated rings. The maximum absolute atomic E-state index is 13.7. The number of hydrogen-bond donors (Lipinski definition) is 3. The van der Waals surface area contributed by atoms with Crippen molar-refractivity contribution in [1.82, 2.24) is 35.0 Å². The third-order valence-electron chi connectivity index (χ3n) is 8.40. The Kier molecular flexibility index (Phi) is 11.4. The quantitative estimate of drug-likeness (QED) is 0.193. The van der Waals surface area contributed by atoms with Crippen LogP contribution in [0.25, 0.3) is 32.6 Å². The van der Waals surface area contributed by atoms with Crippen molar-refractivity contribution in [2.45, 2.75) is 39.9 Å². The largest absolute Gasteiger partial charge is 0.434 e. The number of nitrogens with zero attached hydrogens (tertiary/aromatic N) is 5. The molecule has 49 heavy (non-hydrogen) atoms. The number of halogens is 3. The predicted molar refractivity (Wildman–Crippen MR) is 186 cm³/mol. The number of amides is 3. The van der Waals surface area contributed by atoms with Crippen molar-refractivity contribution < 1.29 is 22.8 Å². The van der Waals surface area contributed by atoms with Crippen molar-refractivity contribution in [2.75, 3.05) is 58.2 Å². The number of piperazine rings is 1. The van der Waals surface area contributed by atoms with Gasteiger partial charge in [0.15, 0.2) is 5.69 Å². The molecule has 0 aliphatic carbocycles. The number of hydrogen-bond acceptors (Lipinski definition) is 8. The number of nitrogens with one attached hydrogen (secondary N) is 3. The lowest BCUT2D eigenvalue weighted by Crippen LogP contribution is -2.47. The third kappa shape index (κ3) is 8.83. The highest BCUT2D eigenvalue weighted by molar-refractivity contribution is 7.13. The van der Waals surface area contributed by atoms with Crippen LogP contribution in [0.1, 0.15) is 43.2 Å². The molecule has 1 aliphatic heterocycles. The Hall–Kier alpha value is -4.34. The van der Waals surface area contributed by atoms with Crippen molar-refractivity contribution in [3.8, 4) is 21.7 Å². The Morgan fingerprint density at radius 3 is 2.47 bits per heavy atom. The summed E-state index contributed by atoms with van der Waals surface area (Å²) in [5.74, 6) is 0.0349. The van der Waals surface area contributed by atoms with Gasteiger partial charge in [-0.15, -0.1) is 11.3 Å². The lowest BCUT2D eigenvalue weighted by Gasteiger charge is -2.32. The van der Waals surface area contributed by atoms with E-state index in [0.717, 1.165) is 49.3 Å². The van der Waals surface area contributed by atoms with Gasteiger partial charge in [-0.25, -0.2) is 14.8 Å². The molecule has 3 aromatic heterocycles. The van der Waals surface area contributed by atoms with Gasteiger partial charge in [-0.3, -0.25) is 19.8 Å². The zero-order valence-corrected chi connectivity index (χ0v) is 28.8. The van der Waals surface area contributed by atoms with E-state index in [1.54, 1.807) is 31.3 Å². The second-order valence-electron chi connectivity index (χ2n) is 12.5. The first-order valence-corrected chi connectivity index (χ1v) is 17.2. The number of thiazole rings is 1. The molecule has 15 heteroatoms. The average Bonchev–Trinajstić information content (AvgIpc) is 3.57. The van der Waals surface area contributed by atoms with Crippen LogP contribution < -0.4 is 21.4 Å². The van der Waals surface area contributed by atoms with Crippen LogP contribution in [0.5, 0.6) is 0 Å². The summed E-state index contributed by atoms with van der Waals surface area (Å²) in [6, 6.07) is 6.06. The molecule has 11 nitrogen and oxygen atoms in total. The molecule has 1 saturated heterocycles. The van der Waals surface area contributed by atoms with Gasteiger partial charge in [-0.2, -0.15) is 13.2 Å². The van der Waals surface area contributed by atoms with Crippen LogP contribution in [-0.2, 0) is 12.7 Å². The van der Waals surface area contributed by atoms with Gasteiger partial charge in [0.1, 0.15) is 16.4 Å². The van der Waals surface area contributed by atoms with E-state index in [9.17, 15) is 27.6 Å². The van der Waals surface area contributed by atoms with Crippen molar-refractivity contribution >= 4 is 40.0 Å². The topological polar surface area (TPSA) is 124 Å². The Labute approximate surface area is 286 Å². The molecule has 4 aromatic rings. The fraction of sp³-hybridized carbons (Fsp3) is 0.441. The van der Waals surface area contributed by atoms with E-state index in [1.165, 1.54) is 12.3 Å². The molecule has 3 N–H and O–H groups in total. The van der Waals surface area contributed by atoms with Crippen LogP contribution in [-0.4, -0.2) is 89.1 Å². The van der Waals surface area contributed by atoms with Crippen LogP contribution in [0.15, 0.2) is 46.8 Å². The summed E-state index contributed by atoms with van der Waals surface area (Å²) in [6.45, 7) is 11.7. The zero-order chi connectivity index (χ0) is 35.3. The molecule has 5 rings (SSSR count). The number of likely N-dealkylation sites (N-methyl/N-ethyl adjacent to an activating group) is 1. The molecule has 3 amide bonds. The van der Waals surface area contributed by atoms with Gasteiger partial charge >= 0.3 is 12.2 Å². The Morgan fingerprint density at radius 2 is 1.80 bits per heavy atom. The fourth-order valence-electron chi connectivity index (χ4n) is 5.58. The number of alkyl halides is 3. The van der Waals surface area contributed by atoms with E-state index in [2.05, 4.69) is 56.6 Å². The van der Waals surface area contributed by atoms with Crippen LogP contribution in [0.2, 0.25) is 0 Å². The third-order valence-corrected chi connectivity index (χ3v) is 9.28. The molecule has 0 atom stereocenters. The van der Waals surface area contributed by atoms with Gasteiger partial charge in [-0.1, -0.05) is 19.9 Å². The first kappa shape index (κ1) is 36.0. The molecule has 262 valence electrons. The minimum Gasteiger partial charge on any atom is -0.351 e. The number of aromatic nitrogens is 3. The van der Waals surface area contributed by atoms with E-state index in [-0.39, 0.29) is 16.4 Å². The van der Waals surface area contributed by atoms with E-state index < -0.39 is 29.2 Å². The molecule has 0 saturated carbocycles. The number of benzene rings is 1. The maximum atomic E-state index is 13.7. The van der Waals surface area contributed by atoms with Crippen molar-refractivity contribution in [3.05, 3.63) is 63.5 Å². The molecule has 0 bridgehead atoms. The lowest BCUT2D eigenvalue weighted by atomic mass is 9.99. The van der Waals surface area contributed by atoms with Gasteiger partial charge in [0.25, 0.3) is 5.91 Å². The standard InChI is InChI=1S/C34H41F3N8O3S/c1-5-38-33(48)42-29-17-24(32-41-28(20-49-32)34(35,36)37)25(18-40-29)22-6-7-23-27(16-22)45(10-8-21(2)3)19-26(30(23)46)31(47)39-9-11-44-14-12-43(4)13-15-44/h6-7,16-21H,5,8-15H2,1-4H3,(H,39,47)(H2,38,40,42,48). The fourth-order valence-corrected chi connectivity index (χ4v) is 6.43. The Bertz CT molecular complexity index is 1870. The Balaban J connectivity index is 1.53. The highest BCUT2D eigenvalue weighted by atomic mass is 32.1. The van der Waals surface area contributed by atoms with Crippen LogP contribution in [0.4, 0.5) is 23.8 Å². The molecule has 0 radical (unpaired) electrons. The van der Waals surface area contributed by atoms with Gasteiger partial charge in [0.2, 0.25) is 5.43 Å². The van der Waals surface area contributed by atoms with E-state index >= 15 is 0 Å². The second kappa shape index (κ2) is 15.5. The minimum absolute atomic E-state index is 0.0491. The van der Waals surface area contributed by atoms with E-state index in [0.29, 0.717) is 59.7 Å². The summed E-state index contributed by atoms with van der Waals surface area (Å²) in [5, 5.41) is 9.49. The molecular formula is C34H41F3N8O3S. The van der Waals surface area contributed by atoms with Crippen LogP contribution in [0.3, 0.4) is 0 Å². The van der Waals surface area contributed by atoms with Gasteiger partial charge < -0.3 is 20.1 Å². The summed E-state index contributed by atoms with van der Waals surface area (Å²) in [6.07, 6.45) is -0.796. The number of pyridine rings is 2. The number of carbonyl (C=O) groups is 2. The zero-order valence-electron chi connectivity index (χ0n) is 28.0. The smallest absolute Gasteiger partial charge is 0.351 e. The molecule has 0 unspecified atom stereocenters. The summed E-state index contributed by atoms with van der Waals surface area (Å²) in [7, 11) is 2.08. The summed E-state index contributed by atoms with van der Waals surface area (Å²) < 4.78 is 42.5. The van der Waals surface area contributed by atoms with Gasteiger partial charge in [-0.05, 0) is 50.1 Å². The van der Waals surface area contributed by atoms with Crippen LogP contribution in [0, 0.1) is 5.92 Å². The lowest BCUT2D eigenvalue weighted by molar-refractivity contribution is -0.140. The number of urea groups is 1. The van der Waals surface area contributed by atoms with Crippen LogP contribution >= 0.6 is 11.3 Å². The summed E-state index contributed by atoms with van der Waals surface area (Å²) in [4.78, 5) is 52.0. The average molecular weight is 699 g/mol. The highest BCUT2D eigenvalue weighted by Crippen LogP contribution is 2.39. The highest BCUT2D eigenvalue weighted by Gasteiger charge is 2.34. The predicted octanol–water partition coefficient (Wildman–Crippen LogP) is 5.37.